The molecular weight excluding hydrogens is 288 g/mol. The van der Waals surface area contributed by atoms with Crippen LogP contribution in [0.15, 0.2) is 24.3 Å². The molecule has 0 atom stereocenters. The number of nitrogens with zero attached hydrogens (tertiary/aromatic N) is 2. The molecule has 0 spiro atoms. The molecule has 1 aromatic carbocycles. The highest BCUT2D eigenvalue weighted by Crippen LogP contribution is 2.19. The lowest BCUT2D eigenvalue weighted by Gasteiger charge is -2.36. The monoisotopic (exact) mass is 312 g/mol. The highest BCUT2D eigenvalue weighted by atomic mass is 32.2. The summed E-state index contributed by atoms with van der Waals surface area (Å²) in [5.74, 6) is 0. The van der Waals surface area contributed by atoms with Gasteiger partial charge >= 0.3 is 0 Å². The van der Waals surface area contributed by atoms with E-state index in [9.17, 15) is 8.42 Å². The van der Waals surface area contributed by atoms with Crippen LogP contribution in [0.5, 0.6) is 0 Å². The Labute approximate surface area is 128 Å². The Bertz CT molecular complexity index is 505. The first kappa shape index (κ1) is 16.1. The van der Waals surface area contributed by atoms with Crippen molar-refractivity contribution in [3.8, 4) is 0 Å². The van der Waals surface area contributed by atoms with Gasteiger partial charge in [-0.25, -0.2) is 13.1 Å². The Morgan fingerprint density at radius 1 is 1.14 bits per heavy atom. The molecule has 0 saturated carbocycles. The molecule has 6 nitrogen and oxygen atoms in total. The molecule has 118 valence electrons. The maximum atomic E-state index is 10.4. The lowest BCUT2D eigenvalue weighted by Crippen LogP contribution is -2.46. The molecule has 7 heteroatoms. The van der Waals surface area contributed by atoms with Gasteiger partial charge in [0.05, 0.1) is 0 Å². The Hall–Kier alpha value is -1.31. The molecule has 0 radical (unpaired) electrons. The zero-order valence-corrected chi connectivity index (χ0v) is 13.1. The van der Waals surface area contributed by atoms with Gasteiger partial charge in [0.25, 0.3) is 0 Å². The fraction of sp³-hybridized carbons (Fsp3) is 0.571. The summed E-state index contributed by atoms with van der Waals surface area (Å²) in [7, 11) is -2.45. The second kappa shape index (κ2) is 8.21. The SMILES string of the molecule is Nc1cccc(N2CCN(CCCCN[SH](=O)=O)CC2)c1. The average molecular weight is 312 g/mol. The second-order valence-corrected chi connectivity index (χ2v) is 6.13. The normalized spacial score (nSPS) is 16.5. The quantitative estimate of drug-likeness (QED) is 0.383. The molecule has 1 heterocycles. The van der Waals surface area contributed by atoms with Crippen molar-refractivity contribution in [2.45, 2.75) is 12.8 Å². The largest absolute Gasteiger partial charge is 0.399 e. The minimum atomic E-state index is -2.45. The van der Waals surface area contributed by atoms with Crippen molar-refractivity contribution in [3.63, 3.8) is 0 Å². The van der Waals surface area contributed by atoms with Gasteiger partial charge < -0.3 is 10.6 Å². The number of nitrogen functional groups attached to an aromatic ring is 1. The lowest BCUT2D eigenvalue weighted by atomic mass is 10.2. The van der Waals surface area contributed by atoms with Gasteiger partial charge in [0.1, 0.15) is 0 Å². The molecule has 1 aromatic rings. The third-order valence-corrected chi connectivity index (χ3v) is 4.23. The van der Waals surface area contributed by atoms with Gasteiger partial charge in [-0.15, -0.1) is 0 Å². The second-order valence-electron chi connectivity index (χ2n) is 5.30. The van der Waals surface area contributed by atoms with E-state index in [4.69, 9.17) is 5.73 Å². The van der Waals surface area contributed by atoms with Crippen LogP contribution in [0.3, 0.4) is 0 Å². The van der Waals surface area contributed by atoms with Crippen molar-refractivity contribution in [3.05, 3.63) is 24.3 Å². The summed E-state index contributed by atoms with van der Waals surface area (Å²) in [5, 5.41) is 0. The third-order valence-electron chi connectivity index (χ3n) is 3.75. The molecule has 2 rings (SSSR count). The summed E-state index contributed by atoms with van der Waals surface area (Å²) in [6.07, 6.45) is 1.91. The Morgan fingerprint density at radius 2 is 1.90 bits per heavy atom. The van der Waals surface area contributed by atoms with E-state index in [1.54, 1.807) is 0 Å². The number of anilines is 2. The number of nitrogens with one attached hydrogen (secondary N) is 1. The van der Waals surface area contributed by atoms with Gasteiger partial charge in [-0.2, -0.15) is 0 Å². The number of thiol groups is 1. The molecule has 1 aliphatic heterocycles. The van der Waals surface area contributed by atoms with Crippen molar-refractivity contribution in [1.29, 1.82) is 0 Å². The molecule has 1 fully saturated rings. The summed E-state index contributed by atoms with van der Waals surface area (Å²) in [6, 6.07) is 8.02. The van der Waals surface area contributed by atoms with E-state index in [1.807, 2.05) is 18.2 Å². The molecular formula is C14H24N4O2S. The van der Waals surface area contributed by atoms with Gasteiger partial charge in [0.2, 0.25) is 10.9 Å². The first-order valence-corrected chi connectivity index (χ1v) is 8.53. The lowest BCUT2D eigenvalue weighted by molar-refractivity contribution is 0.253. The van der Waals surface area contributed by atoms with E-state index < -0.39 is 10.9 Å². The average Bonchev–Trinajstić information content (AvgIpc) is 2.47. The fourth-order valence-electron chi connectivity index (χ4n) is 2.58. The van der Waals surface area contributed by atoms with Crippen LogP contribution in [0.25, 0.3) is 0 Å². The fourth-order valence-corrected chi connectivity index (χ4v) is 2.92. The van der Waals surface area contributed by atoms with E-state index in [0.717, 1.165) is 51.3 Å². The maximum absolute atomic E-state index is 10.4. The molecule has 0 aromatic heterocycles. The number of nitrogens with two attached hydrogens (primary N) is 1. The summed E-state index contributed by atoms with van der Waals surface area (Å²) in [5.41, 5.74) is 7.82. The Morgan fingerprint density at radius 3 is 2.57 bits per heavy atom. The molecule has 0 bridgehead atoms. The summed E-state index contributed by atoms with van der Waals surface area (Å²) in [4.78, 5) is 4.79. The molecule has 1 saturated heterocycles. The van der Waals surface area contributed by atoms with E-state index >= 15 is 0 Å². The Kier molecular flexibility index (Phi) is 6.28. The van der Waals surface area contributed by atoms with Gasteiger partial charge in [0.15, 0.2) is 0 Å². The van der Waals surface area contributed by atoms with Crippen LogP contribution in [-0.4, -0.2) is 52.6 Å². The highest BCUT2D eigenvalue weighted by molar-refractivity contribution is 7.70. The number of rotatable bonds is 7. The van der Waals surface area contributed by atoms with Crippen LogP contribution in [-0.2, 0) is 10.9 Å². The van der Waals surface area contributed by atoms with Crippen molar-refractivity contribution < 1.29 is 8.42 Å². The first-order chi connectivity index (χ1) is 10.1. The summed E-state index contributed by atoms with van der Waals surface area (Å²) < 4.78 is 23.2. The molecule has 0 amide bonds. The van der Waals surface area contributed by atoms with E-state index in [2.05, 4.69) is 20.6 Å². The topological polar surface area (TPSA) is 78.7 Å². The van der Waals surface area contributed by atoms with Gasteiger partial charge in [-0.05, 0) is 37.6 Å². The Balaban J connectivity index is 1.66. The van der Waals surface area contributed by atoms with Crippen LogP contribution in [0.2, 0.25) is 0 Å². The van der Waals surface area contributed by atoms with Crippen LogP contribution in [0, 0.1) is 0 Å². The summed E-state index contributed by atoms with van der Waals surface area (Å²) >= 11 is 0. The number of piperazine rings is 1. The number of hydrogen-bond acceptors (Lipinski definition) is 5. The van der Waals surface area contributed by atoms with E-state index in [-0.39, 0.29) is 0 Å². The standard InChI is InChI=1S/C14H24N4O2S/c15-13-4-3-5-14(12-13)18-10-8-17(9-11-18)7-2-1-6-16-21(19)20/h3-5,12,21H,1-2,6-11,15H2,(H,16,19,20). The minimum absolute atomic E-state index is 0.544. The first-order valence-electron chi connectivity index (χ1n) is 7.36. The number of benzene rings is 1. The number of hydrogen-bond donors (Lipinski definition) is 3. The molecule has 1 aliphatic rings. The van der Waals surface area contributed by atoms with Crippen molar-refractivity contribution in [2.75, 3.05) is 49.9 Å². The van der Waals surface area contributed by atoms with Crippen molar-refractivity contribution in [2.24, 2.45) is 0 Å². The highest BCUT2D eigenvalue weighted by Gasteiger charge is 2.16. The zero-order chi connectivity index (χ0) is 15.1. The minimum Gasteiger partial charge on any atom is -0.399 e. The van der Waals surface area contributed by atoms with E-state index in [1.165, 1.54) is 5.69 Å². The summed E-state index contributed by atoms with van der Waals surface area (Å²) in [6.45, 7) is 5.67. The molecule has 0 aliphatic carbocycles. The van der Waals surface area contributed by atoms with Crippen LogP contribution in [0.1, 0.15) is 12.8 Å². The van der Waals surface area contributed by atoms with Gasteiger partial charge in [0, 0.05) is 44.1 Å². The third kappa shape index (κ3) is 5.53. The van der Waals surface area contributed by atoms with Crippen molar-refractivity contribution in [1.82, 2.24) is 9.62 Å². The van der Waals surface area contributed by atoms with Gasteiger partial charge in [-0.3, -0.25) is 4.90 Å². The van der Waals surface area contributed by atoms with Crippen molar-refractivity contribution >= 4 is 22.3 Å². The predicted octanol–water partition coefficient (Wildman–Crippen LogP) is 0.287. The molecule has 0 unspecified atom stereocenters. The zero-order valence-electron chi connectivity index (χ0n) is 12.2. The maximum Gasteiger partial charge on any atom is 0.201 e. The predicted molar refractivity (Wildman–Crippen MR) is 87.1 cm³/mol. The smallest absolute Gasteiger partial charge is 0.201 e. The van der Waals surface area contributed by atoms with Gasteiger partial charge in [-0.1, -0.05) is 6.07 Å². The van der Waals surface area contributed by atoms with Crippen LogP contribution < -0.4 is 15.4 Å². The number of unbranched alkanes of at least 4 members (excludes halogenated alkanes) is 1. The molecule has 21 heavy (non-hydrogen) atoms. The van der Waals surface area contributed by atoms with E-state index in [0.29, 0.717) is 6.54 Å². The van der Waals surface area contributed by atoms with Crippen LogP contribution in [0.4, 0.5) is 11.4 Å². The van der Waals surface area contributed by atoms with Crippen LogP contribution >= 0.6 is 0 Å². The molecule has 3 N–H and O–H groups in total.